The van der Waals surface area contributed by atoms with Gasteiger partial charge in [-0.1, -0.05) is 62.4 Å². The normalized spacial score (nSPS) is 11.7. The fourth-order valence-electron chi connectivity index (χ4n) is 5.69. The van der Waals surface area contributed by atoms with Crippen LogP contribution in [-0.4, -0.2) is 35.0 Å². The molecule has 0 aliphatic rings. The lowest BCUT2D eigenvalue weighted by atomic mass is 9.93. The zero-order valence-electron chi connectivity index (χ0n) is 26.2. The fraction of sp³-hybridized carbons (Fsp3) is 0.297. The molecule has 0 unspecified atom stereocenters. The highest BCUT2D eigenvalue weighted by molar-refractivity contribution is 7.98. The molecule has 4 rings (SSSR count). The minimum Gasteiger partial charge on any atom is -0.480 e. The van der Waals surface area contributed by atoms with Crippen LogP contribution in [0.3, 0.4) is 0 Å². The molecule has 4 aromatic carbocycles. The number of amides is 1. The Morgan fingerprint density at radius 3 is 2.09 bits per heavy atom. The Labute approximate surface area is 268 Å². The Balaban J connectivity index is 1.81. The van der Waals surface area contributed by atoms with Crippen molar-refractivity contribution in [2.45, 2.75) is 59.2 Å². The Morgan fingerprint density at radius 2 is 1.49 bits per heavy atom. The predicted octanol–water partition coefficient (Wildman–Crippen LogP) is 8.21. The number of carboxylic acids is 1. The minimum absolute atomic E-state index is 0.274. The Bertz CT molecular complexity index is 1620. The molecule has 0 aliphatic heterocycles. The summed E-state index contributed by atoms with van der Waals surface area (Å²) in [6.45, 7) is 6.83. The van der Waals surface area contributed by atoms with E-state index in [1.165, 1.54) is 23.9 Å². The van der Waals surface area contributed by atoms with Gasteiger partial charge in [-0.3, -0.25) is 4.79 Å². The van der Waals surface area contributed by atoms with Gasteiger partial charge in [0.2, 0.25) is 0 Å². The van der Waals surface area contributed by atoms with E-state index >= 15 is 0 Å². The number of carboxylic acid groups (broad SMARTS) is 1. The number of carbonyl (C=O) groups excluding carboxylic acids is 1. The molecule has 1 amide bonds. The van der Waals surface area contributed by atoms with Crippen LogP contribution < -0.4 is 10.2 Å². The maximum absolute atomic E-state index is 14.3. The second-order valence-electron chi connectivity index (χ2n) is 11.1. The lowest BCUT2D eigenvalue weighted by Crippen LogP contribution is -2.41. The lowest BCUT2D eigenvalue weighted by molar-refractivity contribution is -0.139. The average molecular weight is 631 g/mol. The number of nitrogens with one attached hydrogen (secondary N) is 1. The molecule has 2 N–H and O–H groups in total. The van der Waals surface area contributed by atoms with E-state index in [0.717, 1.165) is 52.4 Å². The monoisotopic (exact) mass is 630 g/mol. The van der Waals surface area contributed by atoms with E-state index in [0.29, 0.717) is 35.4 Å². The van der Waals surface area contributed by atoms with E-state index in [1.807, 2.05) is 55.6 Å². The number of hydrogen-bond donors (Lipinski definition) is 2. The van der Waals surface area contributed by atoms with Crippen LogP contribution in [0.5, 0.6) is 0 Å². The van der Waals surface area contributed by atoms with Crippen molar-refractivity contribution in [3.8, 4) is 11.1 Å². The molecule has 0 saturated heterocycles. The van der Waals surface area contributed by atoms with Gasteiger partial charge in [0, 0.05) is 30.4 Å². The Kier molecular flexibility index (Phi) is 11.8. The van der Waals surface area contributed by atoms with Crippen LogP contribution >= 0.6 is 11.8 Å². The van der Waals surface area contributed by atoms with Crippen LogP contribution in [-0.2, 0) is 30.7 Å². The highest BCUT2D eigenvalue weighted by atomic mass is 32.2. The number of anilines is 1. The van der Waals surface area contributed by atoms with Crippen molar-refractivity contribution in [3.63, 3.8) is 0 Å². The van der Waals surface area contributed by atoms with Gasteiger partial charge in [-0.2, -0.15) is 11.8 Å². The van der Waals surface area contributed by atoms with E-state index in [1.54, 1.807) is 6.07 Å². The molecule has 0 saturated carbocycles. The minimum atomic E-state index is -1.07. The maximum Gasteiger partial charge on any atom is 0.326 e. The molecule has 0 aromatic heterocycles. The van der Waals surface area contributed by atoms with Gasteiger partial charge in [-0.05, 0) is 101 Å². The van der Waals surface area contributed by atoms with E-state index in [2.05, 4.69) is 36.2 Å². The summed E-state index contributed by atoms with van der Waals surface area (Å²) in [6.07, 6.45) is 3.77. The van der Waals surface area contributed by atoms with Gasteiger partial charge in [0.25, 0.3) is 5.91 Å². The quantitative estimate of drug-likeness (QED) is 0.147. The number of thioether (sulfide) groups is 1. The van der Waals surface area contributed by atoms with E-state index in [9.17, 15) is 23.5 Å². The topological polar surface area (TPSA) is 69.6 Å². The Hall–Kier alpha value is -4.17. The van der Waals surface area contributed by atoms with Crippen molar-refractivity contribution in [1.82, 2.24) is 5.32 Å². The van der Waals surface area contributed by atoms with Crippen molar-refractivity contribution >= 4 is 29.3 Å². The first-order valence-electron chi connectivity index (χ1n) is 15.2. The van der Waals surface area contributed by atoms with E-state index in [-0.39, 0.29) is 6.54 Å². The third-order valence-corrected chi connectivity index (χ3v) is 8.57. The smallest absolute Gasteiger partial charge is 0.326 e. The molecular formula is C37H40F2N2O3S. The molecule has 0 spiro atoms. The first kappa shape index (κ1) is 33.7. The molecule has 236 valence electrons. The third kappa shape index (κ3) is 8.51. The van der Waals surface area contributed by atoms with Crippen molar-refractivity contribution in [1.29, 1.82) is 0 Å². The highest BCUT2D eigenvalue weighted by Gasteiger charge is 2.24. The molecule has 4 aromatic rings. The summed E-state index contributed by atoms with van der Waals surface area (Å²) in [5.41, 5.74) is 7.60. The SMILES string of the molecule is CCc1cccc(CC)c1N(Cc1cc(F)cc(F)c1)Cc1ccc(C(=O)N[C@@H](CCSC)C(=O)O)c(-c2ccccc2C)c1. The number of carbonyl (C=O) groups is 2. The summed E-state index contributed by atoms with van der Waals surface area (Å²) < 4.78 is 28.5. The lowest BCUT2D eigenvalue weighted by Gasteiger charge is -2.30. The number of aryl methyl sites for hydroxylation is 3. The number of rotatable bonds is 14. The molecule has 0 radical (unpaired) electrons. The van der Waals surface area contributed by atoms with Crippen molar-refractivity contribution in [2.75, 3.05) is 16.9 Å². The number of halogens is 2. The average Bonchev–Trinajstić information content (AvgIpc) is 3.01. The summed E-state index contributed by atoms with van der Waals surface area (Å²) in [7, 11) is 0. The number of nitrogens with zero attached hydrogens (tertiary/aromatic N) is 1. The molecule has 0 aliphatic carbocycles. The number of aliphatic carboxylic acids is 1. The van der Waals surface area contributed by atoms with Crippen LogP contribution in [0.4, 0.5) is 14.5 Å². The second kappa shape index (κ2) is 15.7. The summed E-state index contributed by atoms with van der Waals surface area (Å²) >= 11 is 1.52. The zero-order chi connectivity index (χ0) is 32.5. The van der Waals surface area contributed by atoms with Crippen molar-refractivity contribution in [2.24, 2.45) is 0 Å². The summed E-state index contributed by atoms with van der Waals surface area (Å²) in [4.78, 5) is 27.6. The number of benzene rings is 4. The van der Waals surface area contributed by atoms with Crippen LogP contribution in [0.1, 0.15) is 58.4 Å². The molecule has 0 heterocycles. The highest BCUT2D eigenvalue weighted by Crippen LogP contribution is 2.33. The van der Waals surface area contributed by atoms with Crippen LogP contribution in [0.15, 0.2) is 78.9 Å². The van der Waals surface area contributed by atoms with Gasteiger partial charge in [0.15, 0.2) is 0 Å². The van der Waals surface area contributed by atoms with Gasteiger partial charge < -0.3 is 15.3 Å². The van der Waals surface area contributed by atoms with Gasteiger partial charge in [0.05, 0.1) is 0 Å². The van der Waals surface area contributed by atoms with Gasteiger partial charge in [-0.25, -0.2) is 13.6 Å². The summed E-state index contributed by atoms with van der Waals surface area (Å²) in [5, 5.41) is 12.5. The molecule has 1 atom stereocenters. The number of para-hydroxylation sites is 1. The largest absolute Gasteiger partial charge is 0.480 e. The Morgan fingerprint density at radius 1 is 0.844 bits per heavy atom. The predicted molar refractivity (Wildman–Crippen MR) is 180 cm³/mol. The van der Waals surface area contributed by atoms with E-state index < -0.39 is 29.6 Å². The zero-order valence-corrected chi connectivity index (χ0v) is 27.0. The van der Waals surface area contributed by atoms with Gasteiger partial charge in [-0.15, -0.1) is 0 Å². The molecule has 0 bridgehead atoms. The second-order valence-corrected chi connectivity index (χ2v) is 12.1. The molecular weight excluding hydrogens is 590 g/mol. The molecule has 5 nitrogen and oxygen atoms in total. The maximum atomic E-state index is 14.3. The third-order valence-electron chi connectivity index (χ3n) is 7.93. The van der Waals surface area contributed by atoms with Crippen LogP contribution in [0.2, 0.25) is 0 Å². The van der Waals surface area contributed by atoms with E-state index in [4.69, 9.17) is 0 Å². The fourth-order valence-corrected chi connectivity index (χ4v) is 6.16. The standard InChI is InChI=1S/C37H40F2N2O3S/c1-5-27-11-9-12-28(6-2)35(27)41(23-26-18-29(38)21-30(39)19-26)22-25-14-15-32(33(20-25)31-13-8-7-10-24(31)3)36(42)40-34(37(43)44)16-17-45-4/h7-15,18-21,34H,5-6,16-17,22-23H2,1-4H3,(H,40,42)(H,43,44)/t34-/m0/s1. The van der Waals surface area contributed by atoms with Gasteiger partial charge in [0.1, 0.15) is 17.7 Å². The van der Waals surface area contributed by atoms with Gasteiger partial charge >= 0.3 is 5.97 Å². The van der Waals surface area contributed by atoms with Crippen molar-refractivity contribution in [3.05, 3.63) is 124 Å². The summed E-state index contributed by atoms with van der Waals surface area (Å²) in [5.74, 6) is -2.18. The van der Waals surface area contributed by atoms with Crippen LogP contribution in [0.25, 0.3) is 11.1 Å². The molecule has 8 heteroatoms. The molecule has 0 fully saturated rings. The summed E-state index contributed by atoms with van der Waals surface area (Å²) in [6, 6.07) is 22.1. The molecule has 45 heavy (non-hydrogen) atoms. The van der Waals surface area contributed by atoms with Crippen molar-refractivity contribution < 1.29 is 23.5 Å². The first-order valence-corrected chi connectivity index (χ1v) is 16.6. The first-order chi connectivity index (χ1) is 21.6. The van der Waals surface area contributed by atoms with Crippen LogP contribution in [0, 0.1) is 18.6 Å². The number of hydrogen-bond acceptors (Lipinski definition) is 4.